The van der Waals surface area contributed by atoms with Crippen LogP contribution >= 0.6 is 0 Å². The maximum absolute atomic E-state index is 11.7. The SMILES string of the molecule is Cn1cc(-c2cc(CC(N)=O)c3[nH]c4cc(N5CCOCC5)ccc4c3n2)cn1. The molecule has 1 fully saturated rings. The van der Waals surface area contributed by atoms with Crippen LogP contribution in [0.15, 0.2) is 36.7 Å². The highest BCUT2D eigenvalue weighted by Crippen LogP contribution is 2.32. The van der Waals surface area contributed by atoms with Gasteiger partial charge >= 0.3 is 0 Å². The molecule has 1 aromatic carbocycles. The van der Waals surface area contributed by atoms with Crippen LogP contribution in [-0.4, -0.2) is 52.0 Å². The minimum atomic E-state index is -0.373. The normalized spacial score (nSPS) is 14.7. The Hall–Kier alpha value is -3.39. The summed E-state index contributed by atoms with van der Waals surface area (Å²) in [5.41, 5.74) is 11.9. The smallest absolute Gasteiger partial charge is 0.221 e. The second kappa shape index (κ2) is 6.89. The van der Waals surface area contributed by atoms with E-state index < -0.39 is 0 Å². The molecule has 5 rings (SSSR count). The predicted molar refractivity (Wildman–Crippen MR) is 112 cm³/mol. The first kappa shape index (κ1) is 17.7. The fraction of sp³-hybridized carbons (Fsp3) is 0.286. The third-order valence-electron chi connectivity index (χ3n) is 5.36. The Morgan fingerprint density at radius 2 is 2.10 bits per heavy atom. The fourth-order valence-electron chi connectivity index (χ4n) is 3.96. The van der Waals surface area contributed by atoms with E-state index in [1.807, 2.05) is 19.3 Å². The number of hydrogen-bond donors (Lipinski definition) is 2. The zero-order valence-corrected chi connectivity index (χ0v) is 16.2. The van der Waals surface area contributed by atoms with Gasteiger partial charge in [-0.1, -0.05) is 0 Å². The van der Waals surface area contributed by atoms with E-state index in [4.69, 9.17) is 15.5 Å². The Bertz CT molecular complexity index is 1220. The summed E-state index contributed by atoms with van der Waals surface area (Å²) in [6, 6.07) is 8.27. The molecular weight excluding hydrogens is 368 g/mol. The van der Waals surface area contributed by atoms with Crippen molar-refractivity contribution in [1.29, 1.82) is 0 Å². The third-order valence-corrected chi connectivity index (χ3v) is 5.36. The number of carbonyl (C=O) groups is 1. The standard InChI is InChI=1S/C21H22N6O2/c1-26-12-14(11-23-26)17-8-13(9-19(22)28)20-21(24-17)16-3-2-15(10-18(16)25-20)27-4-6-29-7-5-27/h2-3,8,10-12,25H,4-7,9H2,1H3,(H2,22,28). The Labute approximate surface area is 167 Å². The Morgan fingerprint density at radius 3 is 2.83 bits per heavy atom. The Morgan fingerprint density at radius 1 is 1.28 bits per heavy atom. The highest BCUT2D eigenvalue weighted by atomic mass is 16.5. The molecule has 0 saturated carbocycles. The molecule has 0 unspecified atom stereocenters. The minimum Gasteiger partial charge on any atom is -0.378 e. The first-order valence-corrected chi connectivity index (χ1v) is 9.64. The van der Waals surface area contributed by atoms with E-state index in [2.05, 4.69) is 33.2 Å². The molecule has 8 heteroatoms. The maximum Gasteiger partial charge on any atom is 0.221 e. The largest absolute Gasteiger partial charge is 0.378 e. The average Bonchev–Trinajstić information content (AvgIpc) is 3.31. The van der Waals surface area contributed by atoms with E-state index in [9.17, 15) is 4.79 Å². The number of anilines is 1. The number of H-pyrrole nitrogens is 1. The molecule has 0 bridgehead atoms. The van der Waals surface area contributed by atoms with Gasteiger partial charge in [-0.15, -0.1) is 0 Å². The predicted octanol–water partition coefficient (Wildman–Crippen LogP) is 1.98. The molecule has 3 aromatic heterocycles. The number of fused-ring (bicyclic) bond motifs is 3. The van der Waals surface area contributed by atoms with Crippen LogP contribution < -0.4 is 10.6 Å². The monoisotopic (exact) mass is 390 g/mol. The van der Waals surface area contributed by atoms with Gasteiger partial charge in [-0.2, -0.15) is 5.10 Å². The summed E-state index contributed by atoms with van der Waals surface area (Å²) in [4.78, 5) is 22.4. The Kier molecular flexibility index (Phi) is 4.21. The van der Waals surface area contributed by atoms with Crippen LogP contribution in [0.4, 0.5) is 5.69 Å². The molecule has 8 nitrogen and oxygen atoms in total. The molecule has 0 aliphatic carbocycles. The molecular formula is C21H22N6O2. The summed E-state index contributed by atoms with van der Waals surface area (Å²) >= 11 is 0. The number of aromatic nitrogens is 4. The van der Waals surface area contributed by atoms with Gasteiger partial charge in [0.05, 0.1) is 48.1 Å². The first-order valence-electron chi connectivity index (χ1n) is 9.64. The van der Waals surface area contributed by atoms with Crippen molar-refractivity contribution >= 4 is 33.5 Å². The van der Waals surface area contributed by atoms with Gasteiger partial charge in [0.25, 0.3) is 0 Å². The topological polar surface area (TPSA) is 102 Å². The van der Waals surface area contributed by atoms with E-state index >= 15 is 0 Å². The third kappa shape index (κ3) is 3.21. The molecule has 1 aliphatic rings. The molecule has 1 aliphatic heterocycles. The lowest BCUT2D eigenvalue weighted by Gasteiger charge is -2.28. The minimum absolute atomic E-state index is 0.148. The highest BCUT2D eigenvalue weighted by Gasteiger charge is 2.17. The number of aromatic amines is 1. The van der Waals surface area contributed by atoms with Gasteiger partial charge in [-0.3, -0.25) is 9.48 Å². The number of nitrogens with zero attached hydrogens (tertiary/aromatic N) is 4. The van der Waals surface area contributed by atoms with Crippen LogP contribution in [0.25, 0.3) is 33.2 Å². The molecule has 0 spiro atoms. The summed E-state index contributed by atoms with van der Waals surface area (Å²) in [6.45, 7) is 3.23. The van der Waals surface area contributed by atoms with Crippen LogP contribution in [0.5, 0.6) is 0 Å². The van der Waals surface area contributed by atoms with Gasteiger partial charge in [0.1, 0.15) is 0 Å². The van der Waals surface area contributed by atoms with Crippen LogP contribution in [0.2, 0.25) is 0 Å². The number of rotatable bonds is 4. The van der Waals surface area contributed by atoms with Crippen molar-refractivity contribution in [3.05, 3.63) is 42.2 Å². The number of pyridine rings is 1. The molecule has 4 heterocycles. The Balaban J connectivity index is 1.68. The fourth-order valence-corrected chi connectivity index (χ4v) is 3.96. The zero-order valence-electron chi connectivity index (χ0n) is 16.2. The summed E-state index contributed by atoms with van der Waals surface area (Å²) in [5, 5.41) is 5.26. The quantitative estimate of drug-likeness (QED) is 0.555. The van der Waals surface area contributed by atoms with Gasteiger partial charge in [-0.05, 0) is 29.8 Å². The summed E-state index contributed by atoms with van der Waals surface area (Å²) < 4.78 is 7.19. The number of morpholine rings is 1. The van der Waals surface area contributed by atoms with Crippen molar-refractivity contribution < 1.29 is 9.53 Å². The van der Waals surface area contributed by atoms with Crippen molar-refractivity contribution in [3.8, 4) is 11.3 Å². The van der Waals surface area contributed by atoms with Crippen molar-refractivity contribution in [3.63, 3.8) is 0 Å². The first-order chi connectivity index (χ1) is 14.1. The molecule has 0 radical (unpaired) electrons. The van der Waals surface area contributed by atoms with Crippen molar-refractivity contribution in [1.82, 2.24) is 19.7 Å². The molecule has 0 atom stereocenters. The lowest BCUT2D eigenvalue weighted by atomic mass is 10.1. The number of amides is 1. The van der Waals surface area contributed by atoms with Crippen molar-refractivity contribution in [2.24, 2.45) is 12.8 Å². The number of ether oxygens (including phenoxy) is 1. The van der Waals surface area contributed by atoms with Crippen LogP contribution in [0.1, 0.15) is 5.56 Å². The van der Waals surface area contributed by atoms with Gasteiger partial charge in [0, 0.05) is 43.0 Å². The molecule has 148 valence electrons. The number of aryl methyl sites for hydroxylation is 1. The molecule has 3 N–H and O–H groups in total. The number of primary amides is 1. The van der Waals surface area contributed by atoms with Gasteiger partial charge in [0.2, 0.25) is 5.91 Å². The summed E-state index contributed by atoms with van der Waals surface area (Å²) in [5.74, 6) is -0.373. The van der Waals surface area contributed by atoms with Crippen LogP contribution in [0.3, 0.4) is 0 Å². The zero-order chi connectivity index (χ0) is 20.0. The lowest BCUT2D eigenvalue weighted by Crippen LogP contribution is -2.36. The number of hydrogen-bond acceptors (Lipinski definition) is 5. The van der Waals surface area contributed by atoms with E-state index in [0.717, 1.165) is 70.7 Å². The summed E-state index contributed by atoms with van der Waals surface area (Å²) in [7, 11) is 1.87. The number of nitrogens with two attached hydrogens (primary N) is 1. The van der Waals surface area contributed by atoms with Crippen molar-refractivity contribution in [2.75, 3.05) is 31.2 Å². The average molecular weight is 390 g/mol. The van der Waals surface area contributed by atoms with Gasteiger partial charge in [0.15, 0.2) is 0 Å². The molecule has 1 amide bonds. The maximum atomic E-state index is 11.7. The molecule has 4 aromatic rings. The van der Waals surface area contributed by atoms with E-state index in [1.54, 1.807) is 10.9 Å². The van der Waals surface area contributed by atoms with E-state index in [1.165, 1.54) is 0 Å². The van der Waals surface area contributed by atoms with E-state index in [-0.39, 0.29) is 12.3 Å². The molecule has 1 saturated heterocycles. The van der Waals surface area contributed by atoms with Crippen LogP contribution in [-0.2, 0) is 23.0 Å². The van der Waals surface area contributed by atoms with Crippen molar-refractivity contribution in [2.45, 2.75) is 6.42 Å². The summed E-state index contributed by atoms with van der Waals surface area (Å²) in [6.07, 6.45) is 3.83. The van der Waals surface area contributed by atoms with Gasteiger partial charge in [-0.25, -0.2) is 4.98 Å². The second-order valence-corrected chi connectivity index (χ2v) is 7.39. The highest BCUT2D eigenvalue weighted by molar-refractivity contribution is 6.08. The van der Waals surface area contributed by atoms with Gasteiger partial charge < -0.3 is 20.4 Å². The second-order valence-electron chi connectivity index (χ2n) is 7.39. The number of nitrogens with one attached hydrogen (secondary N) is 1. The van der Waals surface area contributed by atoms with E-state index in [0.29, 0.717) is 0 Å². The number of carbonyl (C=O) groups excluding carboxylic acids is 1. The molecule has 29 heavy (non-hydrogen) atoms. The van der Waals surface area contributed by atoms with Crippen LogP contribution in [0, 0.1) is 0 Å². The lowest BCUT2D eigenvalue weighted by molar-refractivity contribution is -0.117. The number of benzene rings is 1.